The van der Waals surface area contributed by atoms with Crippen LogP contribution in [-0.4, -0.2) is 18.0 Å². The molecule has 0 fully saturated rings. The van der Waals surface area contributed by atoms with Crippen molar-refractivity contribution in [2.24, 2.45) is 0 Å². The van der Waals surface area contributed by atoms with E-state index in [1.54, 1.807) is 6.92 Å². The van der Waals surface area contributed by atoms with Crippen LogP contribution in [0.25, 0.3) is 5.01 Å². The lowest BCUT2D eigenvalue weighted by Crippen LogP contribution is -2.36. The number of ketones is 1. The summed E-state index contributed by atoms with van der Waals surface area (Å²) in [5.74, 6) is 2.12. The number of terminal acetylenes is 1. The fraction of sp³-hybridized carbons (Fsp3) is 0.600. The lowest BCUT2D eigenvalue weighted by Gasteiger charge is -2.16. The molecule has 0 aromatic heterocycles. The maximum absolute atomic E-state index is 11.4. The Morgan fingerprint density at radius 2 is 2.36 bits per heavy atom. The van der Waals surface area contributed by atoms with Gasteiger partial charge in [0.15, 0.2) is 5.78 Å². The average molecular weight is 195 g/mol. The molecular formula is C10H13NO3. The molecule has 14 heavy (non-hydrogen) atoms. The van der Waals surface area contributed by atoms with Gasteiger partial charge in [-0.1, -0.05) is 6.92 Å². The minimum absolute atomic E-state index is 0.210. The van der Waals surface area contributed by atoms with E-state index in [0.29, 0.717) is 6.42 Å². The average Bonchev–Trinajstić information content (AvgIpc) is 2.17. The molecule has 0 saturated carbocycles. The lowest BCUT2D eigenvalue weighted by atomic mass is 10.0. The zero-order valence-electron chi connectivity index (χ0n) is 8.37. The molecule has 0 spiro atoms. The van der Waals surface area contributed by atoms with Crippen LogP contribution in [0.3, 0.4) is 0 Å². The predicted octanol–water partition coefficient (Wildman–Crippen LogP) is 1.59. The topological polar surface area (TPSA) is 53.7 Å². The molecule has 0 aromatic carbocycles. The van der Waals surface area contributed by atoms with Gasteiger partial charge in [-0.25, -0.2) is 0 Å². The summed E-state index contributed by atoms with van der Waals surface area (Å²) in [5.41, 5.74) is -1.35. The second-order valence-electron chi connectivity index (χ2n) is 2.82. The van der Waals surface area contributed by atoms with Crippen LogP contribution >= 0.6 is 0 Å². The summed E-state index contributed by atoms with van der Waals surface area (Å²) in [6.45, 7) is 3.34. The van der Waals surface area contributed by atoms with Gasteiger partial charge in [-0.15, -0.1) is 12.3 Å². The maximum atomic E-state index is 11.4. The molecule has 4 nitrogen and oxygen atoms in total. The highest BCUT2D eigenvalue weighted by Gasteiger charge is 2.37. The third-order valence-electron chi connectivity index (χ3n) is 1.75. The third-order valence-corrected chi connectivity index (χ3v) is 1.75. The molecule has 0 N–H and O–H groups in total. The molecule has 4 heteroatoms. The van der Waals surface area contributed by atoms with Crippen LogP contribution in [0.2, 0.25) is 0 Å². The van der Waals surface area contributed by atoms with E-state index in [1.807, 2.05) is 0 Å². The number of hydrogen-bond donors (Lipinski definition) is 0. The van der Waals surface area contributed by atoms with Gasteiger partial charge < -0.3 is 9.94 Å². The van der Waals surface area contributed by atoms with Crippen LogP contribution < -0.4 is 0 Å². The van der Waals surface area contributed by atoms with Crippen LogP contribution in [0.4, 0.5) is 0 Å². The van der Waals surface area contributed by atoms with Gasteiger partial charge in [-0.3, -0.25) is 4.79 Å². The molecular weight excluding hydrogens is 182 g/mol. The highest BCUT2D eigenvalue weighted by atomic mass is 16.5. The molecule has 0 aromatic rings. The highest BCUT2D eigenvalue weighted by Crippen LogP contribution is 2.13. The van der Waals surface area contributed by atoms with E-state index in [2.05, 4.69) is 17.0 Å². The summed E-state index contributed by atoms with van der Waals surface area (Å²) < 4.78 is 5.17. The van der Waals surface area contributed by atoms with Gasteiger partial charge in [-0.05, 0) is 6.92 Å². The molecule has 0 saturated heterocycles. The normalized spacial score (nSPS) is 13.2. The van der Waals surface area contributed by atoms with Crippen LogP contribution in [0, 0.1) is 23.6 Å². The van der Waals surface area contributed by atoms with Gasteiger partial charge in [0.05, 0.1) is 6.61 Å². The van der Waals surface area contributed by atoms with Crippen molar-refractivity contribution in [3.63, 3.8) is 0 Å². The fourth-order valence-corrected chi connectivity index (χ4v) is 0.914. The Bertz CT molecular complexity index is 295. The molecule has 0 aliphatic heterocycles. The van der Waals surface area contributed by atoms with Crippen molar-refractivity contribution in [1.29, 1.82) is 0 Å². The van der Waals surface area contributed by atoms with Crippen LogP contribution in [0.1, 0.15) is 26.7 Å². The number of Topliss-reactive ketones (excluding diaryl/α,β-unsaturated/α-hetero) is 1. The van der Waals surface area contributed by atoms with Crippen molar-refractivity contribution in [2.75, 3.05) is 6.61 Å². The summed E-state index contributed by atoms with van der Waals surface area (Å²) in [4.78, 5) is 11.4. The maximum Gasteiger partial charge on any atom is 0.341 e. The molecule has 0 rings (SSSR count). The zero-order chi connectivity index (χ0) is 11.0. The van der Waals surface area contributed by atoms with Crippen molar-refractivity contribution in [1.82, 2.24) is 0 Å². The predicted molar refractivity (Wildman–Crippen MR) is 53.7 cm³/mol. The first-order chi connectivity index (χ1) is 6.60. The van der Waals surface area contributed by atoms with Crippen LogP contribution in [0.15, 0.2) is 0 Å². The number of rotatable bonds is 5. The van der Waals surface area contributed by atoms with E-state index >= 15 is 0 Å². The fourth-order valence-electron chi connectivity index (χ4n) is 0.914. The van der Waals surface area contributed by atoms with E-state index in [4.69, 9.17) is 11.2 Å². The van der Waals surface area contributed by atoms with E-state index in [9.17, 15) is 10.0 Å². The summed E-state index contributed by atoms with van der Waals surface area (Å²) in [5, 5.41) is 12.5. The van der Waals surface area contributed by atoms with Crippen LogP contribution in [0.5, 0.6) is 0 Å². The second kappa shape index (κ2) is 6.01. The summed E-state index contributed by atoms with van der Waals surface area (Å²) in [7, 11) is 0. The molecule has 76 valence electrons. The Morgan fingerprint density at radius 3 is 2.79 bits per heavy atom. The van der Waals surface area contributed by atoms with Crippen molar-refractivity contribution in [3.8, 4) is 18.4 Å². The van der Waals surface area contributed by atoms with E-state index in [0.717, 1.165) is 0 Å². The van der Waals surface area contributed by atoms with Crippen molar-refractivity contribution >= 4 is 5.78 Å². The molecule has 0 aliphatic rings. The van der Waals surface area contributed by atoms with Crippen molar-refractivity contribution in [2.45, 2.75) is 32.3 Å². The number of carbonyl (C=O) groups excluding carboxylic acids is 1. The molecule has 1 unspecified atom stereocenters. The zero-order valence-corrected chi connectivity index (χ0v) is 8.37. The Labute approximate surface area is 83.6 Å². The van der Waals surface area contributed by atoms with Crippen LogP contribution in [-0.2, 0) is 9.53 Å². The standard InChI is InChI=1S/C10H13NO3/c1-4-6-7-14-10(3,8-11-13)9(12)5-2/h1H,5-7H2,2-3H3. The molecule has 1 atom stereocenters. The number of carbonyl (C=O) groups is 1. The van der Waals surface area contributed by atoms with E-state index < -0.39 is 5.60 Å². The van der Waals surface area contributed by atoms with Gasteiger partial charge >= 0.3 is 6.07 Å². The molecule has 0 heterocycles. The number of nitrogens with zero attached hydrogens (tertiary/aromatic N) is 1. The first-order valence-electron chi connectivity index (χ1n) is 4.31. The minimum atomic E-state index is -1.35. The van der Waals surface area contributed by atoms with Crippen molar-refractivity contribution < 1.29 is 9.53 Å². The first kappa shape index (κ1) is 12.5. The molecule has 0 bridgehead atoms. The number of hydrogen-bond acceptors (Lipinski definition) is 3. The Balaban J connectivity index is 4.46. The van der Waals surface area contributed by atoms with Crippen molar-refractivity contribution in [3.05, 3.63) is 10.2 Å². The Kier molecular flexibility index (Phi) is 5.36. The summed E-state index contributed by atoms with van der Waals surface area (Å²) >= 11 is 0. The molecule has 0 radical (unpaired) electrons. The Hall–Kier alpha value is -1.52. The van der Waals surface area contributed by atoms with Gasteiger partial charge in [0, 0.05) is 17.8 Å². The summed E-state index contributed by atoms with van der Waals surface area (Å²) in [6.07, 6.45) is 5.66. The SMILES string of the molecule is C#CCCOC(C)(C#[N+][O-])C(=O)CC. The summed E-state index contributed by atoms with van der Waals surface area (Å²) in [6, 6.07) is 2.10. The van der Waals surface area contributed by atoms with Gasteiger partial charge in [0.25, 0.3) is 5.60 Å². The van der Waals surface area contributed by atoms with E-state index in [-0.39, 0.29) is 18.8 Å². The van der Waals surface area contributed by atoms with Gasteiger partial charge in [-0.2, -0.15) is 0 Å². The van der Waals surface area contributed by atoms with Gasteiger partial charge in [0.1, 0.15) is 0 Å². The monoisotopic (exact) mass is 195 g/mol. The number of ether oxygens (including phenoxy) is 1. The lowest BCUT2D eigenvalue weighted by molar-refractivity contribution is -0.135. The molecule has 0 aliphatic carbocycles. The third kappa shape index (κ3) is 3.47. The largest absolute Gasteiger partial charge is 0.498 e. The smallest absolute Gasteiger partial charge is 0.341 e. The quantitative estimate of drug-likeness (QED) is 0.380. The van der Waals surface area contributed by atoms with E-state index in [1.165, 1.54) is 6.92 Å². The first-order valence-corrected chi connectivity index (χ1v) is 4.31. The minimum Gasteiger partial charge on any atom is -0.498 e. The van der Waals surface area contributed by atoms with Gasteiger partial charge in [0.2, 0.25) is 0 Å². The molecule has 0 amide bonds. The highest BCUT2D eigenvalue weighted by molar-refractivity contribution is 5.89. The second-order valence-corrected chi connectivity index (χ2v) is 2.82. The Morgan fingerprint density at radius 1 is 1.71 bits per heavy atom.